The summed E-state index contributed by atoms with van der Waals surface area (Å²) in [4.78, 5) is 16.2. The number of benzene rings is 2. The summed E-state index contributed by atoms with van der Waals surface area (Å²) in [5.41, 5.74) is -0.258. The summed E-state index contributed by atoms with van der Waals surface area (Å²) in [6.07, 6.45) is 1.18. The number of amides is 1. The predicted molar refractivity (Wildman–Crippen MR) is 119 cm³/mol. The molecule has 0 saturated carbocycles. The van der Waals surface area contributed by atoms with Crippen molar-refractivity contribution in [2.24, 2.45) is 0 Å². The lowest BCUT2D eigenvalue weighted by molar-refractivity contribution is -0.138. The van der Waals surface area contributed by atoms with E-state index in [2.05, 4.69) is 10.2 Å². The minimum atomic E-state index is -4.57. The second-order valence-electron chi connectivity index (χ2n) is 8.46. The summed E-state index contributed by atoms with van der Waals surface area (Å²) in [5.74, 6) is -0.736. The minimum Gasteiger partial charge on any atom is -0.496 e. The van der Waals surface area contributed by atoms with Gasteiger partial charge in [-0.05, 0) is 56.2 Å². The van der Waals surface area contributed by atoms with Gasteiger partial charge in [0.1, 0.15) is 5.75 Å². The fraction of sp³-hybridized carbons (Fsp3) is 0.458. The number of hydrogen-bond donors (Lipinski definition) is 1. The Morgan fingerprint density at radius 2 is 1.97 bits per heavy atom. The molecule has 2 atom stereocenters. The van der Waals surface area contributed by atoms with E-state index in [1.54, 1.807) is 6.26 Å². The van der Waals surface area contributed by atoms with Crippen LogP contribution in [0.15, 0.2) is 47.4 Å². The van der Waals surface area contributed by atoms with Crippen molar-refractivity contribution in [2.75, 3.05) is 26.5 Å². The molecule has 2 unspecified atom stereocenters. The van der Waals surface area contributed by atoms with Crippen molar-refractivity contribution in [1.29, 1.82) is 0 Å². The number of thioether (sulfide) groups is 1. The van der Waals surface area contributed by atoms with Crippen LogP contribution in [-0.2, 0) is 11.7 Å². The number of rotatable bonds is 5. The second-order valence-corrected chi connectivity index (χ2v) is 9.31. The molecule has 0 spiro atoms. The highest BCUT2D eigenvalue weighted by Gasteiger charge is 2.44. The van der Waals surface area contributed by atoms with Gasteiger partial charge in [-0.1, -0.05) is 30.3 Å². The lowest BCUT2D eigenvalue weighted by Gasteiger charge is -2.45. The van der Waals surface area contributed by atoms with Gasteiger partial charge < -0.3 is 10.1 Å². The van der Waals surface area contributed by atoms with Crippen molar-refractivity contribution in [3.05, 3.63) is 59.2 Å². The lowest BCUT2D eigenvalue weighted by Crippen LogP contribution is -2.57. The van der Waals surface area contributed by atoms with Gasteiger partial charge in [0.15, 0.2) is 0 Å². The average molecular weight is 465 g/mol. The van der Waals surface area contributed by atoms with Crippen LogP contribution in [0.3, 0.4) is 0 Å². The van der Waals surface area contributed by atoms with E-state index in [0.717, 1.165) is 49.2 Å². The monoisotopic (exact) mass is 464 g/mol. The zero-order valence-electron chi connectivity index (χ0n) is 18.2. The number of ether oxygens (including phenoxy) is 1. The first-order chi connectivity index (χ1) is 15.3. The number of methoxy groups -OCH3 is 1. The summed E-state index contributed by atoms with van der Waals surface area (Å²) < 4.78 is 45.4. The number of halogens is 3. The van der Waals surface area contributed by atoms with Gasteiger partial charge in [-0.3, -0.25) is 9.69 Å². The molecule has 2 aliphatic heterocycles. The Kier molecular flexibility index (Phi) is 6.45. The molecule has 32 heavy (non-hydrogen) atoms. The van der Waals surface area contributed by atoms with Crippen LogP contribution >= 0.6 is 11.8 Å². The minimum absolute atomic E-state index is 0.196. The zero-order chi connectivity index (χ0) is 22.9. The maximum absolute atomic E-state index is 13.5. The number of carbonyl (C=O) groups excluding carboxylic acids is 1. The maximum Gasteiger partial charge on any atom is 0.420 e. The van der Waals surface area contributed by atoms with Gasteiger partial charge in [0, 0.05) is 17.5 Å². The van der Waals surface area contributed by atoms with Gasteiger partial charge in [0.25, 0.3) is 5.91 Å². The summed E-state index contributed by atoms with van der Waals surface area (Å²) >= 11 is 1.12. The second kappa shape index (κ2) is 8.98. The van der Waals surface area contributed by atoms with E-state index < -0.39 is 17.3 Å². The highest BCUT2D eigenvalue weighted by atomic mass is 32.2. The molecule has 8 heteroatoms. The quantitative estimate of drug-likeness (QED) is 0.609. The van der Waals surface area contributed by atoms with Crippen molar-refractivity contribution in [3.63, 3.8) is 0 Å². The Balaban J connectivity index is 1.71. The van der Waals surface area contributed by atoms with Crippen LogP contribution in [0.25, 0.3) is 0 Å². The average Bonchev–Trinajstić information content (AvgIpc) is 3.25. The van der Waals surface area contributed by atoms with Crippen molar-refractivity contribution in [1.82, 2.24) is 10.2 Å². The highest BCUT2D eigenvalue weighted by Crippen LogP contribution is 2.41. The first kappa shape index (κ1) is 23.0. The molecule has 2 aromatic rings. The predicted octanol–water partition coefficient (Wildman–Crippen LogP) is 5.32. The fourth-order valence-electron chi connectivity index (χ4n) is 5.02. The molecule has 0 bridgehead atoms. The van der Waals surface area contributed by atoms with E-state index in [-0.39, 0.29) is 22.1 Å². The molecule has 2 saturated heterocycles. The normalized spacial score (nSPS) is 23.6. The number of carbonyl (C=O) groups is 1. The van der Waals surface area contributed by atoms with E-state index in [1.807, 2.05) is 30.3 Å². The van der Waals surface area contributed by atoms with Gasteiger partial charge in [-0.2, -0.15) is 13.2 Å². The van der Waals surface area contributed by atoms with Crippen molar-refractivity contribution >= 4 is 17.7 Å². The van der Waals surface area contributed by atoms with Crippen molar-refractivity contribution < 1.29 is 22.7 Å². The molecular formula is C24H27F3N2O2S. The standard InChI is InChI=1S/C24H27F3N2O2S/c1-31-20-13-18(21(32-2)14-19(20)24(25,26)27)22(30)28-23(16-7-4-3-5-8-16)11-10-17-9-6-12-29(17)15-23/h3-5,7-8,13-14,17H,6,9-12,15H2,1-2H3,(H,28,30). The van der Waals surface area contributed by atoms with Crippen LogP contribution < -0.4 is 10.1 Å². The lowest BCUT2D eigenvalue weighted by atomic mass is 9.80. The topological polar surface area (TPSA) is 41.6 Å². The van der Waals surface area contributed by atoms with Gasteiger partial charge in [-0.25, -0.2) is 0 Å². The molecule has 4 rings (SSSR count). The molecule has 4 nitrogen and oxygen atoms in total. The third-order valence-electron chi connectivity index (χ3n) is 6.63. The molecule has 0 radical (unpaired) electrons. The van der Waals surface area contributed by atoms with E-state index in [0.29, 0.717) is 12.6 Å². The van der Waals surface area contributed by atoms with Gasteiger partial charge in [0.2, 0.25) is 0 Å². The number of nitrogens with one attached hydrogen (secondary N) is 1. The van der Waals surface area contributed by atoms with Gasteiger partial charge in [0.05, 0.1) is 23.8 Å². The Morgan fingerprint density at radius 1 is 1.22 bits per heavy atom. The third kappa shape index (κ3) is 4.35. The molecular weight excluding hydrogens is 437 g/mol. The summed E-state index contributed by atoms with van der Waals surface area (Å²) in [6.45, 7) is 1.69. The van der Waals surface area contributed by atoms with E-state index in [1.165, 1.54) is 19.6 Å². The number of nitrogens with zero attached hydrogens (tertiary/aromatic N) is 1. The first-order valence-corrected chi connectivity index (χ1v) is 12.0. The van der Waals surface area contributed by atoms with Gasteiger partial charge >= 0.3 is 6.18 Å². The number of alkyl halides is 3. The Hall–Kier alpha value is -2.19. The largest absolute Gasteiger partial charge is 0.496 e. The van der Waals surface area contributed by atoms with Crippen LogP contribution in [0.1, 0.15) is 47.2 Å². The molecule has 172 valence electrons. The molecule has 0 aromatic heterocycles. The number of piperidine rings is 1. The Bertz CT molecular complexity index is 983. The molecule has 2 aliphatic rings. The summed E-state index contributed by atoms with van der Waals surface area (Å²) in [7, 11) is 1.19. The fourth-order valence-corrected chi connectivity index (χ4v) is 5.62. The maximum atomic E-state index is 13.5. The summed E-state index contributed by atoms with van der Waals surface area (Å²) in [5, 5.41) is 3.23. The molecule has 2 aromatic carbocycles. The van der Waals surface area contributed by atoms with E-state index >= 15 is 0 Å². The van der Waals surface area contributed by atoms with Gasteiger partial charge in [-0.15, -0.1) is 11.8 Å². The highest BCUT2D eigenvalue weighted by molar-refractivity contribution is 7.98. The first-order valence-electron chi connectivity index (χ1n) is 10.7. The number of hydrogen-bond acceptors (Lipinski definition) is 4. The number of fused-ring (bicyclic) bond motifs is 1. The van der Waals surface area contributed by atoms with Crippen LogP contribution in [0.5, 0.6) is 5.75 Å². The summed E-state index contributed by atoms with van der Waals surface area (Å²) in [6, 6.07) is 12.6. The molecule has 2 fully saturated rings. The molecule has 1 N–H and O–H groups in total. The van der Waals surface area contributed by atoms with Crippen LogP contribution in [0.4, 0.5) is 13.2 Å². The third-order valence-corrected chi connectivity index (χ3v) is 7.40. The van der Waals surface area contributed by atoms with Crippen LogP contribution in [0, 0.1) is 0 Å². The molecule has 0 aliphatic carbocycles. The van der Waals surface area contributed by atoms with Crippen LogP contribution in [-0.4, -0.2) is 43.3 Å². The molecule has 1 amide bonds. The van der Waals surface area contributed by atoms with E-state index in [9.17, 15) is 18.0 Å². The van der Waals surface area contributed by atoms with Crippen molar-refractivity contribution in [2.45, 2.75) is 48.3 Å². The Morgan fingerprint density at radius 3 is 2.62 bits per heavy atom. The van der Waals surface area contributed by atoms with Crippen LogP contribution in [0.2, 0.25) is 0 Å². The SMILES string of the molecule is COc1cc(C(=O)NC2(c3ccccc3)CCC3CCCN3C2)c(SC)cc1C(F)(F)F. The smallest absolute Gasteiger partial charge is 0.420 e. The molecule has 2 heterocycles. The zero-order valence-corrected chi connectivity index (χ0v) is 19.0. The van der Waals surface area contributed by atoms with Crippen molar-refractivity contribution in [3.8, 4) is 5.75 Å². The van der Waals surface area contributed by atoms with E-state index in [4.69, 9.17) is 4.74 Å². The Labute approximate surface area is 190 Å².